The highest BCUT2D eigenvalue weighted by molar-refractivity contribution is 5.40. The zero-order valence-corrected chi connectivity index (χ0v) is 11.7. The van der Waals surface area contributed by atoms with Crippen LogP contribution in [0.3, 0.4) is 0 Å². The Morgan fingerprint density at radius 1 is 0.895 bits per heavy atom. The van der Waals surface area contributed by atoms with Gasteiger partial charge in [-0.05, 0) is 55.5 Å². The van der Waals surface area contributed by atoms with Gasteiger partial charge in [0.25, 0.3) is 0 Å². The molecule has 0 saturated heterocycles. The van der Waals surface area contributed by atoms with Crippen LogP contribution in [0.5, 0.6) is 0 Å². The zero-order valence-electron chi connectivity index (χ0n) is 11.7. The van der Waals surface area contributed by atoms with Gasteiger partial charge in [-0.1, -0.05) is 48.0 Å². The van der Waals surface area contributed by atoms with E-state index in [1.54, 1.807) is 11.1 Å². The smallest absolute Gasteiger partial charge is 0.0574 e. The summed E-state index contributed by atoms with van der Waals surface area (Å²) in [7, 11) is 2.04. The third-order valence-electron chi connectivity index (χ3n) is 4.16. The average Bonchev–Trinajstić information content (AvgIpc) is 2.89. The Balaban J connectivity index is 1.96. The Kier molecular flexibility index (Phi) is 3.39. The molecule has 19 heavy (non-hydrogen) atoms. The molecule has 2 aromatic rings. The minimum absolute atomic E-state index is 0.298. The van der Waals surface area contributed by atoms with Crippen LogP contribution in [-0.2, 0) is 12.8 Å². The Hall–Kier alpha value is -1.60. The summed E-state index contributed by atoms with van der Waals surface area (Å²) in [6.07, 6.45) is 3.81. The van der Waals surface area contributed by atoms with Crippen LogP contribution in [0.4, 0.5) is 0 Å². The molecule has 0 heterocycles. The molecule has 2 aromatic carbocycles. The summed E-state index contributed by atoms with van der Waals surface area (Å²) in [5.41, 5.74) is 7.12. The Labute approximate surface area is 115 Å². The van der Waals surface area contributed by atoms with Gasteiger partial charge in [-0.15, -0.1) is 0 Å². The summed E-state index contributed by atoms with van der Waals surface area (Å²) >= 11 is 0. The first kappa shape index (κ1) is 12.4. The van der Waals surface area contributed by atoms with Gasteiger partial charge >= 0.3 is 0 Å². The number of hydrogen-bond donors (Lipinski definition) is 1. The molecule has 0 amide bonds. The highest BCUT2D eigenvalue weighted by Gasteiger charge is 2.16. The van der Waals surface area contributed by atoms with E-state index in [9.17, 15) is 0 Å². The van der Waals surface area contributed by atoms with Gasteiger partial charge in [0.15, 0.2) is 0 Å². The summed E-state index contributed by atoms with van der Waals surface area (Å²) in [5.74, 6) is 0. The average molecular weight is 251 g/mol. The van der Waals surface area contributed by atoms with Crippen molar-refractivity contribution in [1.82, 2.24) is 5.32 Å². The largest absolute Gasteiger partial charge is 0.309 e. The van der Waals surface area contributed by atoms with Crippen molar-refractivity contribution < 1.29 is 0 Å². The molecule has 0 fully saturated rings. The van der Waals surface area contributed by atoms with E-state index in [4.69, 9.17) is 0 Å². The van der Waals surface area contributed by atoms with Crippen molar-refractivity contribution >= 4 is 0 Å². The van der Waals surface area contributed by atoms with E-state index in [0.717, 1.165) is 0 Å². The lowest BCUT2D eigenvalue weighted by atomic mass is 9.95. The van der Waals surface area contributed by atoms with Gasteiger partial charge in [-0.25, -0.2) is 0 Å². The Morgan fingerprint density at radius 2 is 1.58 bits per heavy atom. The fraction of sp³-hybridized carbons (Fsp3) is 0.333. The van der Waals surface area contributed by atoms with Crippen molar-refractivity contribution in [3.05, 3.63) is 70.3 Å². The highest BCUT2D eigenvalue weighted by Crippen LogP contribution is 2.28. The van der Waals surface area contributed by atoms with Crippen LogP contribution in [0.15, 0.2) is 42.5 Å². The molecule has 1 aliphatic rings. The second-order valence-electron chi connectivity index (χ2n) is 5.51. The number of benzene rings is 2. The summed E-state index contributed by atoms with van der Waals surface area (Å²) in [6.45, 7) is 2.13. The van der Waals surface area contributed by atoms with Crippen molar-refractivity contribution in [3.8, 4) is 0 Å². The van der Waals surface area contributed by atoms with E-state index >= 15 is 0 Å². The monoisotopic (exact) mass is 251 g/mol. The van der Waals surface area contributed by atoms with Crippen LogP contribution in [0, 0.1) is 6.92 Å². The lowest BCUT2D eigenvalue weighted by Gasteiger charge is -2.18. The Morgan fingerprint density at radius 3 is 2.32 bits per heavy atom. The molecule has 1 atom stereocenters. The van der Waals surface area contributed by atoms with Crippen LogP contribution in [-0.4, -0.2) is 7.05 Å². The molecule has 1 heteroatoms. The minimum atomic E-state index is 0.298. The van der Waals surface area contributed by atoms with Gasteiger partial charge in [0.1, 0.15) is 0 Å². The first-order chi connectivity index (χ1) is 9.28. The first-order valence-corrected chi connectivity index (χ1v) is 7.13. The maximum Gasteiger partial charge on any atom is 0.0574 e. The molecular formula is C18H21N. The lowest BCUT2D eigenvalue weighted by Crippen LogP contribution is -2.17. The second-order valence-corrected chi connectivity index (χ2v) is 5.51. The summed E-state index contributed by atoms with van der Waals surface area (Å²) < 4.78 is 0. The normalized spacial score (nSPS) is 15.3. The molecule has 0 bridgehead atoms. The van der Waals surface area contributed by atoms with Gasteiger partial charge in [-0.3, -0.25) is 0 Å². The molecule has 0 spiro atoms. The molecule has 3 rings (SSSR count). The Bertz CT molecular complexity index is 569. The quantitative estimate of drug-likeness (QED) is 0.875. The highest BCUT2D eigenvalue weighted by atomic mass is 14.9. The van der Waals surface area contributed by atoms with Crippen molar-refractivity contribution in [2.45, 2.75) is 32.2 Å². The van der Waals surface area contributed by atoms with Crippen molar-refractivity contribution in [2.75, 3.05) is 7.05 Å². The van der Waals surface area contributed by atoms with E-state index < -0.39 is 0 Å². The number of fused-ring (bicyclic) bond motifs is 1. The summed E-state index contributed by atoms with van der Waals surface area (Å²) in [4.78, 5) is 0. The maximum atomic E-state index is 3.45. The standard InChI is InChI=1S/C18H21N/c1-13-6-8-15(9-7-13)18(19-2)17-11-10-14-4-3-5-16(14)12-17/h6-12,18-19H,3-5H2,1-2H3. The van der Waals surface area contributed by atoms with Crippen LogP contribution in [0.1, 0.15) is 40.3 Å². The molecule has 0 aliphatic heterocycles. The predicted molar refractivity (Wildman–Crippen MR) is 80.5 cm³/mol. The molecule has 0 radical (unpaired) electrons. The molecule has 0 aromatic heterocycles. The van der Waals surface area contributed by atoms with E-state index in [1.807, 2.05) is 7.05 Å². The molecule has 98 valence electrons. The summed E-state index contributed by atoms with van der Waals surface area (Å²) in [6, 6.07) is 16.1. The van der Waals surface area contributed by atoms with Gasteiger partial charge in [0, 0.05) is 0 Å². The fourth-order valence-corrected chi connectivity index (χ4v) is 3.06. The molecular weight excluding hydrogens is 230 g/mol. The topological polar surface area (TPSA) is 12.0 Å². The number of aryl methyl sites for hydroxylation is 3. The van der Waals surface area contributed by atoms with Gasteiger partial charge in [0.2, 0.25) is 0 Å². The number of nitrogens with one attached hydrogen (secondary N) is 1. The fourth-order valence-electron chi connectivity index (χ4n) is 3.06. The molecule has 1 N–H and O–H groups in total. The zero-order chi connectivity index (χ0) is 13.2. The number of rotatable bonds is 3. The number of hydrogen-bond acceptors (Lipinski definition) is 1. The third kappa shape index (κ3) is 2.43. The van der Waals surface area contributed by atoms with Crippen LogP contribution in [0.2, 0.25) is 0 Å². The third-order valence-corrected chi connectivity index (χ3v) is 4.16. The van der Waals surface area contributed by atoms with Crippen molar-refractivity contribution in [3.63, 3.8) is 0 Å². The van der Waals surface area contributed by atoms with Crippen LogP contribution >= 0.6 is 0 Å². The molecule has 1 nitrogen and oxygen atoms in total. The van der Waals surface area contributed by atoms with E-state index in [2.05, 4.69) is 54.7 Å². The minimum Gasteiger partial charge on any atom is -0.309 e. The summed E-state index contributed by atoms with van der Waals surface area (Å²) in [5, 5.41) is 3.45. The van der Waals surface area contributed by atoms with Crippen LogP contribution in [0.25, 0.3) is 0 Å². The van der Waals surface area contributed by atoms with E-state index in [-0.39, 0.29) is 0 Å². The molecule has 1 unspecified atom stereocenters. The van der Waals surface area contributed by atoms with Crippen molar-refractivity contribution in [2.24, 2.45) is 0 Å². The van der Waals surface area contributed by atoms with E-state index in [0.29, 0.717) is 6.04 Å². The maximum absolute atomic E-state index is 3.45. The van der Waals surface area contributed by atoms with E-state index in [1.165, 1.54) is 36.0 Å². The lowest BCUT2D eigenvalue weighted by molar-refractivity contribution is 0.690. The SMILES string of the molecule is CNC(c1ccc(C)cc1)c1ccc2c(c1)CCC2. The van der Waals surface area contributed by atoms with Gasteiger partial charge in [-0.2, -0.15) is 0 Å². The first-order valence-electron chi connectivity index (χ1n) is 7.13. The van der Waals surface area contributed by atoms with Gasteiger partial charge in [0.05, 0.1) is 6.04 Å². The molecule has 1 aliphatic carbocycles. The molecule has 0 saturated carbocycles. The van der Waals surface area contributed by atoms with Crippen LogP contribution < -0.4 is 5.32 Å². The van der Waals surface area contributed by atoms with Crippen molar-refractivity contribution in [1.29, 1.82) is 0 Å². The van der Waals surface area contributed by atoms with Gasteiger partial charge < -0.3 is 5.32 Å². The second kappa shape index (κ2) is 5.18. The predicted octanol–water partition coefficient (Wildman–Crippen LogP) is 3.79.